The van der Waals surface area contributed by atoms with Crippen LogP contribution in [0.2, 0.25) is 0 Å². The van der Waals surface area contributed by atoms with Crippen molar-refractivity contribution in [1.82, 2.24) is 10.6 Å². The maximum absolute atomic E-state index is 13.0. The van der Waals surface area contributed by atoms with E-state index in [-0.39, 0.29) is 29.9 Å². The first-order valence-electron chi connectivity index (χ1n) is 8.79. The number of halogens is 4. The lowest BCUT2D eigenvalue weighted by Gasteiger charge is -2.16. The van der Waals surface area contributed by atoms with Crippen LogP contribution < -0.4 is 16.0 Å². The first kappa shape index (κ1) is 22.2. The number of hydrogen-bond donors (Lipinski definition) is 3. The Morgan fingerprint density at radius 2 is 1.72 bits per heavy atom. The quantitative estimate of drug-likeness (QED) is 0.609. The lowest BCUT2D eigenvalue weighted by molar-refractivity contribution is -0.123. The zero-order valence-corrected chi connectivity index (χ0v) is 15.9. The highest BCUT2D eigenvalue weighted by Crippen LogP contribution is 2.18. The van der Waals surface area contributed by atoms with E-state index in [4.69, 9.17) is 0 Å². The fourth-order valence-corrected chi connectivity index (χ4v) is 2.54. The van der Waals surface area contributed by atoms with E-state index in [1.165, 1.54) is 24.3 Å². The van der Waals surface area contributed by atoms with Crippen LogP contribution in [-0.2, 0) is 4.79 Å². The molecule has 0 aliphatic carbocycles. The third kappa shape index (κ3) is 7.10. The summed E-state index contributed by atoms with van der Waals surface area (Å²) in [6.07, 6.45) is -4.50. The Kier molecular flexibility index (Phi) is 7.19. The van der Waals surface area contributed by atoms with Crippen LogP contribution in [0.5, 0.6) is 0 Å². The van der Waals surface area contributed by atoms with Gasteiger partial charge in [0.1, 0.15) is 12.4 Å². The van der Waals surface area contributed by atoms with Gasteiger partial charge in [-0.1, -0.05) is 18.2 Å². The Labute approximate surface area is 165 Å². The molecule has 0 heterocycles. The smallest absolute Gasteiger partial charge is 0.376 e. The van der Waals surface area contributed by atoms with Gasteiger partial charge in [0.2, 0.25) is 5.91 Å². The van der Waals surface area contributed by atoms with E-state index in [1.54, 1.807) is 37.4 Å². The molecule has 2 rings (SSSR count). The average Bonchev–Trinajstić information content (AvgIpc) is 2.65. The molecule has 0 bridgehead atoms. The maximum Gasteiger partial charge on any atom is 0.405 e. The SMILES string of the molecule is Cc1ccc(C(=O)NCC(F)(F)F)cc1NCC(=O)NC(C)c1ccc(F)cc1. The van der Waals surface area contributed by atoms with E-state index in [1.807, 2.05) is 0 Å². The fraction of sp³-hybridized carbons (Fsp3) is 0.300. The van der Waals surface area contributed by atoms with Crippen LogP contribution in [0, 0.1) is 12.7 Å². The Morgan fingerprint density at radius 1 is 1.07 bits per heavy atom. The topological polar surface area (TPSA) is 70.2 Å². The first-order chi connectivity index (χ1) is 13.5. The van der Waals surface area contributed by atoms with Gasteiger partial charge in [0, 0.05) is 11.3 Å². The van der Waals surface area contributed by atoms with E-state index >= 15 is 0 Å². The lowest BCUT2D eigenvalue weighted by Crippen LogP contribution is -2.34. The number of alkyl halides is 3. The zero-order valence-electron chi connectivity index (χ0n) is 15.9. The van der Waals surface area contributed by atoms with Gasteiger partial charge in [-0.05, 0) is 49.2 Å². The normalized spacial score (nSPS) is 12.2. The number of amides is 2. The molecule has 0 aliphatic heterocycles. The number of nitrogens with one attached hydrogen (secondary N) is 3. The molecule has 0 aliphatic rings. The number of aryl methyl sites for hydroxylation is 1. The summed E-state index contributed by atoms with van der Waals surface area (Å²) in [5.74, 6) is -1.57. The van der Waals surface area contributed by atoms with Crippen molar-refractivity contribution in [2.24, 2.45) is 0 Å². The molecule has 5 nitrogen and oxygen atoms in total. The molecule has 9 heteroatoms. The summed E-state index contributed by atoms with van der Waals surface area (Å²) in [5, 5.41) is 7.42. The van der Waals surface area contributed by atoms with Crippen molar-refractivity contribution in [3.8, 4) is 0 Å². The lowest BCUT2D eigenvalue weighted by atomic mass is 10.1. The standard InChI is InChI=1S/C20H21F4N3O2/c1-12-3-4-15(19(29)26-11-20(22,23)24)9-17(12)25-10-18(28)27-13(2)14-5-7-16(21)8-6-14/h3-9,13,25H,10-11H2,1-2H3,(H,26,29)(H,27,28). The molecular formula is C20H21F4N3O2. The second kappa shape index (κ2) is 9.40. The van der Waals surface area contributed by atoms with E-state index < -0.39 is 18.6 Å². The summed E-state index contributed by atoms with van der Waals surface area (Å²) >= 11 is 0. The highest BCUT2D eigenvalue weighted by molar-refractivity contribution is 5.95. The molecule has 0 fully saturated rings. The molecule has 0 saturated heterocycles. The van der Waals surface area contributed by atoms with Crippen LogP contribution in [0.25, 0.3) is 0 Å². The molecule has 0 spiro atoms. The van der Waals surface area contributed by atoms with Crippen molar-refractivity contribution in [1.29, 1.82) is 0 Å². The minimum absolute atomic E-state index is 0.0439. The van der Waals surface area contributed by atoms with Crippen LogP contribution in [0.3, 0.4) is 0 Å². The zero-order chi connectivity index (χ0) is 21.6. The van der Waals surface area contributed by atoms with E-state index in [0.29, 0.717) is 5.69 Å². The summed E-state index contributed by atoms with van der Waals surface area (Å²) in [5.41, 5.74) is 1.95. The fourth-order valence-electron chi connectivity index (χ4n) is 2.54. The van der Waals surface area contributed by atoms with Crippen LogP contribution >= 0.6 is 0 Å². The van der Waals surface area contributed by atoms with Gasteiger partial charge in [-0.15, -0.1) is 0 Å². The number of benzene rings is 2. The molecule has 29 heavy (non-hydrogen) atoms. The molecule has 3 N–H and O–H groups in total. The van der Waals surface area contributed by atoms with Crippen LogP contribution in [-0.4, -0.2) is 31.1 Å². The number of carbonyl (C=O) groups excluding carboxylic acids is 2. The molecule has 2 aromatic rings. The monoisotopic (exact) mass is 411 g/mol. The number of carbonyl (C=O) groups is 2. The predicted molar refractivity (Wildman–Crippen MR) is 101 cm³/mol. The summed E-state index contributed by atoms with van der Waals surface area (Å²) < 4.78 is 49.7. The molecule has 156 valence electrons. The summed E-state index contributed by atoms with van der Waals surface area (Å²) in [6.45, 7) is 1.95. The third-order valence-corrected chi connectivity index (χ3v) is 4.14. The van der Waals surface area contributed by atoms with E-state index in [0.717, 1.165) is 11.1 Å². The molecule has 2 aromatic carbocycles. The van der Waals surface area contributed by atoms with Crippen LogP contribution in [0.15, 0.2) is 42.5 Å². The van der Waals surface area contributed by atoms with E-state index in [9.17, 15) is 27.2 Å². The summed E-state index contributed by atoms with van der Waals surface area (Å²) in [6, 6.07) is 9.77. The highest BCUT2D eigenvalue weighted by Gasteiger charge is 2.28. The molecule has 0 aromatic heterocycles. The third-order valence-electron chi connectivity index (χ3n) is 4.14. The van der Waals surface area contributed by atoms with Gasteiger partial charge in [-0.25, -0.2) is 4.39 Å². The van der Waals surface area contributed by atoms with Gasteiger partial charge in [-0.3, -0.25) is 9.59 Å². The Morgan fingerprint density at radius 3 is 2.34 bits per heavy atom. The van der Waals surface area contributed by atoms with Gasteiger partial charge >= 0.3 is 6.18 Å². The first-order valence-corrected chi connectivity index (χ1v) is 8.79. The predicted octanol–water partition coefficient (Wildman–Crippen LogP) is 3.72. The Hall–Kier alpha value is -3.10. The van der Waals surface area contributed by atoms with Gasteiger partial charge in [-0.2, -0.15) is 13.2 Å². The van der Waals surface area contributed by atoms with Gasteiger partial charge < -0.3 is 16.0 Å². The largest absolute Gasteiger partial charge is 0.405 e. The minimum Gasteiger partial charge on any atom is -0.376 e. The van der Waals surface area contributed by atoms with Gasteiger partial charge in [0.25, 0.3) is 5.91 Å². The molecule has 0 radical (unpaired) electrons. The van der Waals surface area contributed by atoms with Crippen LogP contribution in [0.4, 0.5) is 23.2 Å². The molecule has 1 unspecified atom stereocenters. The van der Waals surface area contributed by atoms with Crippen molar-refractivity contribution in [3.63, 3.8) is 0 Å². The number of rotatable bonds is 7. The molecule has 1 atom stereocenters. The average molecular weight is 411 g/mol. The number of anilines is 1. The van der Waals surface area contributed by atoms with Crippen molar-refractivity contribution in [2.75, 3.05) is 18.4 Å². The highest BCUT2D eigenvalue weighted by atomic mass is 19.4. The molecular weight excluding hydrogens is 390 g/mol. The van der Waals surface area contributed by atoms with Crippen molar-refractivity contribution < 1.29 is 27.2 Å². The maximum atomic E-state index is 13.0. The van der Waals surface area contributed by atoms with Crippen molar-refractivity contribution in [3.05, 3.63) is 65.0 Å². The summed E-state index contributed by atoms with van der Waals surface area (Å²) in [4.78, 5) is 24.0. The Bertz CT molecular complexity index is 867. The molecule has 0 saturated carbocycles. The molecule has 2 amide bonds. The van der Waals surface area contributed by atoms with Crippen molar-refractivity contribution in [2.45, 2.75) is 26.1 Å². The number of hydrogen-bond acceptors (Lipinski definition) is 3. The van der Waals surface area contributed by atoms with Gasteiger partial charge in [0.15, 0.2) is 0 Å². The minimum atomic E-state index is -4.50. The Balaban J connectivity index is 1.94. The second-order valence-corrected chi connectivity index (χ2v) is 6.52. The second-order valence-electron chi connectivity index (χ2n) is 6.52. The van der Waals surface area contributed by atoms with E-state index in [2.05, 4.69) is 10.6 Å². The summed E-state index contributed by atoms with van der Waals surface area (Å²) in [7, 11) is 0. The van der Waals surface area contributed by atoms with Crippen molar-refractivity contribution >= 4 is 17.5 Å². The van der Waals surface area contributed by atoms with Crippen LogP contribution in [0.1, 0.15) is 34.5 Å². The van der Waals surface area contributed by atoms with Gasteiger partial charge in [0.05, 0.1) is 12.6 Å².